The molecule has 12 aromatic carbocycles. The van der Waals surface area contributed by atoms with Gasteiger partial charge in [-0.1, -0.05) is 0 Å². The number of hydrogen-bond donors (Lipinski definition) is 0. The van der Waals surface area contributed by atoms with E-state index in [0.29, 0.717) is 0 Å². The van der Waals surface area contributed by atoms with E-state index in [2.05, 4.69) is 364 Å². The van der Waals surface area contributed by atoms with Crippen LogP contribution in [0.2, 0.25) is 0 Å². The van der Waals surface area contributed by atoms with Gasteiger partial charge >= 0.3 is 449 Å². The molecule has 0 heterocycles. The average molecular weight is 1130 g/mol. The van der Waals surface area contributed by atoms with Gasteiger partial charge in [0.25, 0.3) is 0 Å². The summed E-state index contributed by atoms with van der Waals surface area (Å²) in [6.45, 7) is 0. The molecule has 0 saturated heterocycles. The topological polar surface area (TPSA) is 0 Å². The molecule has 12 rings (SSSR count). The molecule has 12 aromatic rings. The van der Waals surface area contributed by atoms with E-state index in [-0.39, 0.29) is 20.4 Å². The molecule has 76 heavy (non-hydrogen) atoms. The molecule has 0 radical (unpaired) electrons. The van der Waals surface area contributed by atoms with Crippen molar-refractivity contribution in [3.63, 3.8) is 0 Å². The van der Waals surface area contributed by atoms with Crippen LogP contribution in [0.25, 0.3) is 0 Å². The number of hydrogen-bond acceptors (Lipinski definition) is 0. The first-order chi connectivity index (χ1) is 37.3. The van der Waals surface area contributed by atoms with Gasteiger partial charge in [0.1, 0.15) is 0 Å². The zero-order valence-electron chi connectivity index (χ0n) is 42.5. The second-order valence-corrected chi connectivity index (χ2v) is 30.1. The van der Waals surface area contributed by atoms with Crippen LogP contribution in [-0.4, -0.2) is 0 Å². The molecule has 0 fully saturated rings. The van der Waals surface area contributed by atoms with E-state index in [1.54, 1.807) is 0 Å². The van der Waals surface area contributed by atoms with Crippen molar-refractivity contribution < 1.29 is 20.4 Å². The van der Waals surface area contributed by atoms with E-state index in [0.717, 1.165) is 0 Å². The Morgan fingerprint density at radius 1 is 0.105 bits per heavy atom. The van der Waals surface area contributed by atoms with Crippen molar-refractivity contribution in [2.75, 3.05) is 0 Å². The fourth-order valence-electron chi connectivity index (χ4n) is 11.3. The van der Waals surface area contributed by atoms with Crippen molar-refractivity contribution in [3.8, 4) is 0 Å². The van der Waals surface area contributed by atoms with Gasteiger partial charge in [-0.05, 0) is 0 Å². The summed E-state index contributed by atoms with van der Waals surface area (Å²) in [6.07, 6.45) is 0. The first-order valence-electron chi connectivity index (χ1n) is 25.9. The molecule has 0 aliphatic rings. The molecule has 0 bridgehead atoms. The molecule has 0 N–H and O–H groups in total. The quantitative estimate of drug-likeness (QED) is 0.0845. The van der Waals surface area contributed by atoms with E-state index in [9.17, 15) is 0 Å². The van der Waals surface area contributed by atoms with E-state index < -0.39 is 21.8 Å². The summed E-state index contributed by atoms with van der Waals surface area (Å²) in [6, 6.07) is 132. The first-order valence-corrected chi connectivity index (χ1v) is 31.9. The van der Waals surface area contributed by atoms with Crippen LogP contribution in [0.1, 0.15) is 0 Å². The van der Waals surface area contributed by atoms with Gasteiger partial charge in [-0.15, -0.1) is 0 Å². The Kier molecular flexibility index (Phi) is 18.5. The van der Waals surface area contributed by atoms with Crippen LogP contribution in [0, 0.1) is 0 Å². The number of rotatable bonds is 12. The van der Waals surface area contributed by atoms with E-state index >= 15 is 0 Å². The molecule has 0 aliphatic heterocycles. The fraction of sp³-hybridized carbons (Fsp3) is 0. The van der Waals surface area contributed by atoms with Gasteiger partial charge in [-0.3, -0.25) is 0 Å². The van der Waals surface area contributed by atoms with Gasteiger partial charge in [0.15, 0.2) is 0 Å². The summed E-state index contributed by atoms with van der Waals surface area (Å²) in [5.74, 6) is 0. The summed E-state index contributed by atoms with van der Waals surface area (Å²) in [5, 5.41) is 17.0. The van der Waals surface area contributed by atoms with Gasteiger partial charge in [0.05, 0.1) is 0 Å². The summed E-state index contributed by atoms with van der Waals surface area (Å²) < 4.78 is 0. The monoisotopic (exact) mass is 1130 g/mol. The molecule has 0 spiro atoms. The van der Waals surface area contributed by atoms with E-state index in [1.165, 1.54) is 63.7 Å². The SMILES string of the molecule is [Pd].c1ccc([PH](c2ccccc2)(c2ccccc2)c2ccccc2)cc1.c1ccc([PH](c2ccccc2)(c2ccccc2)c2ccccc2)cc1.c1ccc([PH](c2ccccc2)(c2ccccc2)c2ccccc2)cc1. The molecule has 0 aliphatic carbocycles. The van der Waals surface area contributed by atoms with Crippen molar-refractivity contribution >= 4 is 85.4 Å². The summed E-state index contributed by atoms with van der Waals surface area (Å²) in [7, 11) is -6.90. The minimum atomic E-state index is -2.30. The number of benzene rings is 12. The molecule has 0 saturated carbocycles. The zero-order chi connectivity index (χ0) is 50.9. The second kappa shape index (κ2) is 26.4. The van der Waals surface area contributed by atoms with E-state index in [4.69, 9.17) is 0 Å². The predicted molar refractivity (Wildman–Crippen MR) is 338 cm³/mol. The van der Waals surface area contributed by atoms with Gasteiger partial charge in [-0.2, -0.15) is 0 Å². The molecular weight excluding hydrogens is 1060 g/mol. The standard InChI is InChI=1S/3C24H21P.Pd/c3*1-5-13-21(14-6-1)25(22-15-7-2-8-16-22,23-17-9-3-10-18-23)24-19-11-4-12-20-24;/h3*1-20,25H;. The molecule has 0 aromatic heterocycles. The van der Waals surface area contributed by atoms with E-state index in [1.807, 2.05) is 0 Å². The Bertz CT molecular complexity index is 2650. The Morgan fingerprint density at radius 2 is 0.171 bits per heavy atom. The molecule has 0 amide bonds. The molecule has 0 atom stereocenters. The van der Waals surface area contributed by atoms with Crippen molar-refractivity contribution in [3.05, 3.63) is 364 Å². The third-order valence-electron chi connectivity index (χ3n) is 14.5. The summed E-state index contributed by atoms with van der Waals surface area (Å²) in [4.78, 5) is 0. The Morgan fingerprint density at radius 3 is 0.237 bits per heavy atom. The van der Waals surface area contributed by atoms with Crippen LogP contribution < -0.4 is 63.7 Å². The summed E-state index contributed by atoms with van der Waals surface area (Å²) >= 11 is 0. The Balaban J connectivity index is 0.000000138. The molecular formula is C72H63P3Pd. The molecule has 376 valence electrons. The van der Waals surface area contributed by atoms with Gasteiger partial charge in [0, 0.05) is 20.4 Å². The molecule has 4 heteroatoms. The fourth-order valence-corrected chi connectivity index (χ4v) is 25.6. The van der Waals surface area contributed by atoms with Crippen molar-refractivity contribution in [1.29, 1.82) is 0 Å². The van der Waals surface area contributed by atoms with Gasteiger partial charge in [0.2, 0.25) is 0 Å². The van der Waals surface area contributed by atoms with Crippen LogP contribution in [0.15, 0.2) is 364 Å². The second-order valence-electron chi connectivity index (χ2n) is 18.6. The third-order valence-corrected chi connectivity index (χ3v) is 28.9. The predicted octanol–water partition coefficient (Wildman–Crippen LogP) is 12.1. The van der Waals surface area contributed by atoms with Crippen molar-refractivity contribution in [1.82, 2.24) is 0 Å². The van der Waals surface area contributed by atoms with Crippen LogP contribution >= 0.6 is 21.8 Å². The van der Waals surface area contributed by atoms with Crippen LogP contribution in [-0.2, 0) is 20.4 Å². The maximum atomic E-state index is 2.29. The van der Waals surface area contributed by atoms with Gasteiger partial charge in [-0.25, -0.2) is 0 Å². The normalized spacial score (nSPS) is 11.7. The van der Waals surface area contributed by atoms with Crippen molar-refractivity contribution in [2.45, 2.75) is 0 Å². The molecule has 0 unspecified atom stereocenters. The van der Waals surface area contributed by atoms with Crippen molar-refractivity contribution in [2.24, 2.45) is 0 Å². The van der Waals surface area contributed by atoms with Crippen LogP contribution in [0.5, 0.6) is 0 Å². The van der Waals surface area contributed by atoms with Gasteiger partial charge < -0.3 is 0 Å². The summed E-state index contributed by atoms with van der Waals surface area (Å²) in [5.41, 5.74) is 0. The maximum absolute atomic E-state index is 2.30. The Hall–Kier alpha value is -7.41. The van der Waals surface area contributed by atoms with Crippen LogP contribution in [0.4, 0.5) is 0 Å². The third kappa shape index (κ3) is 11.1. The first kappa shape index (κ1) is 53.4. The zero-order valence-corrected chi connectivity index (χ0v) is 47.0. The van der Waals surface area contributed by atoms with Crippen LogP contribution in [0.3, 0.4) is 0 Å². The average Bonchev–Trinajstić information content (AvgIpc) is 3.54. The minimum absolute atomic E-state index is 0. The Labute approximate surface area is 466 Å². The molecule has 0 nitrogen and oxygen atoms in total.